The highest BCUT2D eigenvalue weighted by atomic mass is 32.1. The summed E-state index contributed by atoms with van der Waals surface area (Å²) in [4.78, 5) is 11.5. The van der Waals surface area contributed by atoms with Gasteiger partial charge in [-0.25, -0.2) is 0 Å². The first-order valence-corrected chi connectivity index (χ1v) is 6.34. The van der Waals surface area contributed by atoms with Gasteiger partial charge in [0.2, 0.25) is 11.0 Å². The van der Waals surface area contributed by atoms with Crippen molar-refractivity contribution in [2.45, 2.75) is 39.0 Å². The van der Waals surface area contributed by atoms with Crippen LogP contribution in [0.5, 0.6) is 0 Å². The fourth-order valence-electron chi connectivity index (χ4n) is 1.31. The number of nitrogens with one attached hydrogen (secondary N) is 1. The van der Waals surface area contributed by atoms with Gasteiger partial charge in [-0.05, 0) is 26.3 Å². The average Bonchev–Trinajstić information content (AvgIpc) is 2.63. The maximum atomic E-state index is 11.5. The van der Waals surface area contributed by atoms with Crippen molar-refractivity contribution < 1.29 is 4.79 Å². The number of aryl methyl sites for hydroxylation is 1. The van der Waals surface area contributed by atoms with Crippen molar-refractivity contribution in [1.29, 1.82) is 0 Å². The molecule has 0 atom stereocenters. The Morgan fingerprint density at radius 3 is 2.69 bits per heavy atom. The highest BCUT2D eigenvalue weighted by molar-refractivity contribution is 7.15. The number of unbranched alkanes of at least 4 members (excludes halogenated alkanes) is 3. The minimum atomic E-state index is 0.0175. The van der Waals surface area contributed by atoms with Crippen LogP contribution < -0.4 is 11.1 Å². The Kier molecular flexibility index (Phi) is 5.95. The Morgan fingerprint density at radius 1 is 1.31 bits per heavy atom. The summed E-state index contributed by atoms with van der Waals surface area (Å²) in [5.41, 5.74) is 5.38. The second-order valence-electron chi connectivity index (χ2n) is 3.63. The SMILES string of the molecule is Cc1nnc(NC(=O)CCCCCCN)s1. The van der Waals surface area contributed by atoms with E-state index in [4.69, 9.17) is 5.73 Å². The largest absolute Gasteiger partial charge is 0.330 e. The number of hydrogen-bond acceptors (Lipinski definition) is 5. The molecule has 90 valence electrons. The van der Waals surface area contributed by atoms with Crippen molar-refractivity contribution in [3.63, 3.8) is 0 Å². The number of carbonyl (C=O) groups is 1. The molecule has 0 aromatic carbocycles. The normalized spacial score (nSPS) is 10.4. The minimum Gasteiger partial charge on any atom is -0.330 e. The fourth-order valence-corrected chi connectivity index (χ4v) is 1.92. The van der Waals surface area contributed by atoms with Crippen LogP contribution in [0.25, 0.3) is 0 Å². The zero-order valence-corrected chi connectivity index (χ0v) is 10.3. The number of rotatable bonds is 7. The first-order chi connectivity index (χ1) is 7.72. The smallest absolute Gasteiger partial charge is 0.226 e. The molecule has 1 aromatic heterocycles. The Morgan fingerprint density at radius 2 is 2.06 bits per heavy atom. The standard InChI is InChI=1S/C10H18N4OS/c1-8-13-14-10(16-8)12-9(15)6-4-2-3-5-7-11/h2-7,11H2,1H3,(H,12,14,15). The van der Waals surface area contributed by atoms with Crippen molar-refractivity contribution >= 4 is 22.4 Å². The molecule has 0 aliphatic carbocycles. The van der Waals surface area contributed by atoms with E-state index in [0.717, 1.165) is 37.2 Å². The van der Waals surface area contributed by atoms with E-state index in [1.54, 1.807) is 0 Å². The predicted molar refractivity (Wildman–Crippen MR) is 65.4 cm³/mol. The lowest BCUT2D eigenvalue weighted by Crippen LogP contribution is -2.10. The average molecular weight is 242 g/mol. The molecule has 0 radical (unpaired) electrons. The monoisotopic (exact) mass is 242 g/mol. The number of nitrogens with two attached hydrogens (primary N) is 1. The summed E-state index contributed by atoms with van der Waals surface area (Å²) in [5, 5.41) is 11.8. The molecule has 0 saturated carbocycles. The topological polar surface area (TPSA) is 80.9 Å². The Labute approximate surface area is 99.5 Å². The third kappa shape index (κ3) is 5.18. The Bertz CT molecular complexity index is 326. The molecule has 6 heteroatoms. The molecule has 1 amide bonds. The highest BCUT2D eigenvalue weighted by Gasteiger charge is 2.05. The lowest BCUT2D eigenvalue weighted by molar-refractivity contribution is -0.116. The lowest BCUT2D eigenvalue weighted by atomic mass is 10.1. The molecule has 0 aliphatic heterocycles. The van der Waals surface area contributed by atoms with Crippen molar-refractivity contribution in [2.24, 2.45) is 5.73 Å². The number of aromatic nitrogens is 2. The van der Waals surface area contributed by atoms with Gasteiger partial charge in [0.1, 0.15) is 5.01 Å². The molecule has 0 fully saturated rings. The highest BCUT2D eigenvalue weighted by Crippen LogP contribution is 2.14. The van der Waals surface area contributed by atoms with E-state index < -0.39 is 0 Å². The van der Waals surface area contributed by atoms with E-state index in [1.807, 2.05) is 6.92 Å². The van der Waals surface area contributed by atoms with Crippen LogP contribution in [0, 0.1) is 6.92 Å². The number of amides is 1. The van der Waals surface area contributed by atoms with E-state index in [-0.39, 0.29) is 5.91 Å². The summed E-state index contributed by atoms with van der Waals surface area (Å²) < 4.78 is 0. The zero-order valence-electron chi connectivity index (χ0n) is 9.53. The lowest BCUT2D eigenvalue weighted by Gasteiger charge is -2.00. The second kappa shape index (κ2) is 7.29. The molecular formula is C10H18N4OS. The van der Waals surface area contributed by atoms with Crippen molar-refractivity contribution in [1.82, 2.24) is 10.2 Å². The van der Waals surface area contributed by atoms with Crippen LogP contribution in [0.3, 0.4) is 0 Å². The molecule has 1 rings (SSSR count). The van der Waals surface area contributed by atoms with Gasteiger partial charge in [-0.1, -0.05) is 24.2 Å². The van der Waals surface area contributed by atoms with E-state index in [2.05, 4.69) is 15.5 Å². The molecular weight excluding hydrogens is 224 g/mol. The summed E-state index contributed by atoms with van der Waals surface area (Å²) in [6, 6.07) is 0. The summed E-state index contributed by atoms with van der Waals surface area (Å²) in [6.45, 7) is 2.59. The Balaban J connectivity index is 2.11. The van der Waals surface area contributed by atoms with E-state index in [9.17, 15) is 4.79 Å². The minimum absolute atomic E-state index is 0.0175. The molecule has 0 spiro atoms. The molecule has 1 heterocycles. The molecule has 1 aromatic rings. The molecule has 5 nitrogen and oxygen atoms in total. The van der Waals surface area contributed by atoms with Gasteiger partial charge < -0.3 is 11.1 Å². The van der Waals surface area contributed by atoms with E-state index in [1.165, 1.54) is 11.3 Å². The van der Waals surface area contributed by atoms with Gasteiger partial charge in [-0.3, -0.25) is 4.79 Å². The molecule has 3 N–H and O–H groups in total. The first-order valence-electron chi connectivity index (χ1n) is 5.52. The first kappa shape index (κ1) is 13.1. The van der Waals surface area contributed by atoms with Crippen LogP contribution in [-0.2, 0) is 4.79 Å². The van der Waals surface area contributed by atoms with E-state index >= 15 is 0 Å². The third-order valence-electron chi connectivity index (χ3n) is 2.13. The molecule has 0 unspecified atom stereocenters. The summed E-state index contributed by atoms with van der Waals surface area (Å²) in [5.74, 6) is 0.0175. The number of carbonyl (C=O) groups excluding carboxylic acids is 1. The maximum Gasteiger partial charge on any atom is 0.226 e. The predicted octanol–water partition coefficient (Wildman–Crippen LogP) is 1.69. The molecule has 0 bridgehead atoms. The van der Waals surface area contributed by atoms with Crippen molar-refractivity contribution in [2.75, 3.05) is 11.9 Å². The molecule has 16 heavy (non-hydrogen) atoms. The maximum absolute atomic E-state index is 11.5. The summed E-state index contributed by atoms with van der Waals surface area (Å²) >= 11 is 1.39. The molecule has 0 saturated heterocycles. The third-order valence-corrected chi connectivity index (χ3v) is 2.88. The van der Waals surface area contributed by atoms with Crippen molar-refractivity contribution in [3.8, 4) is 0 Å². The van der Waals surface area contributed by atoms with Gasteiger partial charge in [0.15, 0.2) is 0 Å². The molecule has 0 aliphatic rings. The van der Waals surface area contributed by atoms with Crippen LogP contribution in [0.4, 0.5) is 5.13 Å². The fraction of sp³-hybridized carbons (Fsp3) is 0.700. The number of hydrogen-bond donors (Lipinski definition) is 2. The number of nitrogens with zero attached hydrogens (tertiary/aromatic N) is 2. The summed E-state index contributed by atoms with van der Waals surface area (Å²) in [6.07, 6.45) is 4.64. The van der Waals surface area contributed by atoms with Gasteiger partial charge in [0.05, 0.1) is 0 Å². The number of anilines is 1. The summed E-state index contributed by atoms with van der Waals surface area (Å²) in [7, 11) is 0. The van der Waals surface area contributed by atoms with E-state index in [0.29, 0.717) is 11.6 Å². The van der Waals surface area contributed by atoms with Crippen molar-refractivity contribution in [3.05, 3.63) is 5.01 Å². The van der Waals surface area contributed by atoms with Crippen LogP contribution in [0.2, 0.25) is 0 Å². The zero-order chi connectivity index (χ0) is 11.8. The van der Waals surface area contributed by atoms with Crippen LogP contribution in [-0.4, -0.2) is 22.6 Å². The van der Waals surface area contributed by atoms with Gasteiger partial charge in [0, 0.05) is 6.42 Å². The van der Waals surface area contributed by atoms with Crippen LogP contribution in [0.15, 0.2) is 0 Å². The van der Waals surface area contributed by atoms with Gasteiger partial charge >= 0.3 is 0 Å². The Hall–Kier alpha value is -1.01. The quantitative estimate of drug-likeness (QED) is 0.713. The second-order valence-corrected chi connectivity index (χ2v) is 4.81. The van der Waals surface area contributed by atoms with Gasteiger partial charge in [0.25, 0.3) is 0 Å². The van der Waals surface area contributed by atoms with Gasteiger partial charge in [-0.2, -0.15) is 0 Å². The van der Waals surface area contributed by atoms with Gasteiger partial charge in [-0.15, -0.1) is 10.2 Å². The van der Waals surface area contributed by atoms with Crippen LogP contribution >= 0.6 is 11.3 Å². The van der Waals surface area contributed by atoms with Crippen LogP contribution in [0.1, 0.15) is 37.1 Å².